The van der Waals surface area contributed by atoms with Gasteiger partial charge in [-0.2, -0.15) is 0 Å². The third-order valence-electron chi connectivity index (χ3n) is 4.77. The fourth-order valence-corrected chi connectivity index (χ4v) is 6.33. The molecule has 136 valence electrons. The van der Waals surface area contributed by atoms with Crippen LogP contribution in [-0.4, -0.2) is 29.9 Å². The lowest BCUT2D eigenvalue weighted by atomic mass is 10.0. The van der Waals surface area contributed by atoms with Crippen molar-refractivity contribution in [2.75, 3.05) is 5.73 Å². The van der Waals surface area contributed by atoms with E-state index in [4.69, 9.17) is 15.2 Å². The maximum atomic E-state index is 12.9. The lowest BCUT2D eigenvalue weighted by molar-refractivity contribution is 0.422. The molecule has 0 aromatic carbocycles. The Morgan fingerprint density at radius 2 is 2.04 bits per heavy atom. The zero-order valence-electron chi connectivity index (χ0n) is 14.2. The fourth-order valence-electron chi connectivity index (χ4n) is 3.12. The van der Waals surface area contributed by atoms with Crippen molar-refractivity contribution < 1.29 is 9.08 Å². The molecule has 0 radical (unpaired) electrons. The second-order valence-corrected chi connectivity index (χ2v) is 9.33. The number of pyridine rings is 1. The van der Waals surface area contributed by atoms with Crippen LogP contribution in [0.15, 0.2) is 45.8 Å². The van der Waals surface area contributed by atoms with Gasteiger partial charge in [-0.05, 0) is 25.3 Å². The average Bonchev–Trinajstić information content (AvgIpc) is 3.29. The van der Waals surface area contributed by atoms with E-state index in [1.54, 1.807) is 18.5 Å². The van der Waals surface area contributed by atoms with Crippen molar-refractivity contribution in [3.8, 4) is 22.5 Å². The van der Waals surface area contributed by atoms with Crippen molar-refractivity contribution >= 4 is 38.4 Å². The first-order valence-corrected chi connectivity index (χ1v) is 10.5. The first kappa shape index (κ1) is 16.7. The van der Waals surface area contributed by atoms with Gasteiger partial charge in [-0.3, -0.25) is 0 Å². The van der Waals surface area contributed by atoms with Crippen molar-refractivity contribution in [3.05, 3.63) is 37.1 Å². The number of anilines is 1. The number of thiophene rings is 1. The molecule has 1 aliphatic rings. The summed E-state index contributed by atoms with van der Waals surface area (Å²) in [6.45, 7) is 0. The highest BCUT2D eigenvalue weighted by atomic mass is 32.2. The minimum absolute atomic E-state index is 0.192. The smallest absolute Gasteiger partial charge is 0.232 e. The molecule has 0 amide bonds. The SMILES string of the molecule is Nc1c([S+]([O-])C2CCC2)sc2nc(-c3cncnc3)cc(-c3ccon3)c12. The molecule has 4 heterocycles. The minimum atomic E-state index is -1.11. The highest BCUT2D eigenvalue weighted by Crippen LogP contribution is 2.45. The second kappa shape index (κ2) is 6.59. The van der Waals surface area contributed by atoms with E-state index in [1.807, 2.05) is 6.07 Å². The molecule has 4 aromatic heterocycles. The van der Waals surface area contributed by atoms with Gasteiger partial charge < -0.3 is 14.8 Å². The van der Waals surface area contributed by atoms with Crippen LogP contribution in [0.5, 0.6) is 0 Å². The molecule has 4 aromatic rings. The number of nitrogen functional groups attached to an aromatic ring is 1. The molecular weight excluding hydrogens is 382 g/mol. The number of hydrogen-bond donors (Lipinski definition) is 1. The molecule has 1 unspecified atom stereocenters. The summed E-state index contributed by atoms with van der Waals surface area (Å²) in [6.07, 6.45) is 9.50. The predicted molar refractivity (Wildman–Crippen MR) is 105 cm³/mol. The average molecular weight is 397 g/mol. The normalized spacial score (nSPS) is 15.7. The zero-order valence-corrected chi connectivity index (χ0v) is 15.8. The highest BCUT2D eigenvalue weighted by molar-refractivity contribution is 7.94. The van der Waals surface area contributed by atoms with Gasteiger partial charge in [-0.25, -0.2) is 15.0 Å². The standard InChI is InChI=1S/C18H15N5O2S2/c19-16-15-12(13-4-5-25-23-13)6-14(10-7-20-9-21-8-10)22-17(15)26-18(16)27(24)11-2-1-3-11/h4-9,11H,1-3,19H2. The summed E-state index contributed by atoms with van der Waals surface area (Å²) in [6, 6.07) is 3.68. The third-order valence-corrected chi connectivity index (χ3v) is 8.07. The lowest BCUT2D eigenvalue weighted by Gasteiger charge is -2.26. The Morgan fingerprint density at radius 1 is 1.22 bits per heavy atom. The van der Waals surface area contributed by atoms with E-state index >= 15 is 0 Å². The molecule has 0 aliphatic heterocycles. The summed E-state index contributed by atoms with van der Waals surface area (Å²) in [4.78, 5) is 13.6. The largest absolute Gasteiger partial charge is 0.611 e. The van der Waals surface area contributed by atoms with Crippen molar-refractivity contribution in [1.82, 2.24) is 20.1 Å². The first-order valence-electron chi connectivity index (χ1n) is 8.52. The fraction of sp³-hybridized carbons (Fsp3) is 0.222. The molecule has 27 heavy (non-hydrogen) atoms. The van der Waals surface area contributed by atoms with Crippen LogP contribution >= 0.6 is 11.3 Å². The van der Waals surface area contributed by atoms with Crippen molar-refractivity contribution in [3.63, 3.8) is 0 Å². The highest BCUT2D eigenvalue weighted by Gasteiger charge is 2.35. The quantitative estimate of drug-likeness (QED) is 0.523. The monoisotopic (exact) mass is 397 g/mol. The molecule has 1 aliphatic carbocycles. The van der Waals surface area contributed by atoms with Gasteiger partial charge in [-0.1, -0.05) is 16.5 Å². The maximum Gasteiger partial charge on any atom is 0.232 e. The van der Waals surface area contributed by atoms with Gasteiger partial charge in [0, 0.05) is 46.1 Å². The van der Waals surface area contributed by atoms with E-state index in [0.717, 1.165) is 40.6 Å². The third kappa shape index (κ3) is 2.78. The van der Waals surface area contributed by atoms with Gasteiger partial charge in [0.2, 0.25) is 4.21 Å². The van der Waals surface area contributed by atoms with Crippen LogP contribution in [-0.2, 0) is 11.2 Å². The number of rotatable bonds is 4. The Morgan fingerprint density at radius 3 is 2.70 bits per heavy atom. The van der Waals surface area contributed by atoms with E-state index in [2.05, 4.69) is 15.1 Å². The summed E-state index contributed by atoms with van der Waals surface area (Å²) < 4.78 is 18.7. The molecule has 7 nitrogen and oxygen atoms in total. The first-order chi connectivity index (χ1) is 13.2. The molecule has 2 N–H and O–H groups in total. The molecule has 0 saturated heterocycles. The van der Waals surface area contributed by atoms with Crippen molar-refractivity contribution in [2.45, 2.75) is 28.7 Å². The van der Waals surface area contributed by atoms with E-state index in [-0.39, 0.29) is 5.25 Å². The molecular formula is C18H15N5O2S2. The molecule has 1 saturated carbocycles. The Kier molecular flexibility index (Phi) is 4.07. The predicted octanol–water partition coefficient (Wildman–Crippen LogP) is 3.65. The number of aromatic nitrogens is 4. The molecule has 0 spiro atoms. The van der Waals surface area contributed by atoms with Crippen LogP contribution in [0.25, 0.3) is 32.7 Å². The Balaban J connectivity index is 1.74. The van der Waals surface area contributed by atoms with Gasteiger partial charge in [0.05, 0.1) is 5.69 Å². The summed E-state index contributed by atoms with van der Waals surface area (Å²) >= 11 is 0.288. The van der Waals surface area contributed by atoms with E-state index in [1.165, 1.54) is 23.9 Å². The Labute approximate surface area is 161 Å². The van der Waals surface area contributed by atoms with Gasteiger partial charge in [0.1, 0.15) is 34.1 Å². The Hall–Kier alpha value is -2.49. The van der Waals surface area contributed by atoms with Gasteiger partial charge in [0.25, 0.3) is 0 Å². The van der Waals surface area contributed by atoms with Crippen molar-refractivity contribution in [2.24, 2.45) is 0 Å². The van der Waals surface area contributed by atoms with Gasteiger partial charge in [0.15, 0.2) is 0 Å². The molecule has 0 bridgehead atoms. The van der Waals surface area contributed by atoms with Crippen LogP contribution in [0.1, 0.15) is 19.3 Å². The number of nitrogens with zero attached hydrogens (tertiary/aromatic N) is 4. The lowest BCUT2D eigenvalue weighted by Crippen LogP contribution is -2.28. The van der Waals surface area contributed by atoms with E-state index in [0.29, 0.717) is 21.3 Å². The molecule has 9 heteroatoms. The summed E-state index contributed by atoms with van der Waals surface area (Å²) in [5.41, 5.74) is 9.94. The summed E-state index contributed by atoms with van der Waals surface area (Å²) in [5.74, 6) is 0. The molecule has 1 fully saturated rings. The zero-order chi connectivity index (χ0) is 18.4. The van der Waals surface area contributed by atoms with Crippen LogP contribution in [0.2, 0.25) is 0 Å². The van der Waals surface area contributed by atoms with Gasteiger partial charge in [-0.15, -0.1) is 0 Å². The van der Waals surface area contributed by atoms with E-state index in [9.17, 15) is 4.55 Å². The van der Waals surface area contributed by atoms with E-state index < -0.39 is 11.2 Å². The van der Waals surface area contributed by atoms with Gasteiger partial charge >= 0.3 is 0 Å². The molecule has 5 rings (SSSR count). The topological polar surface area (TPSA) is 114 Å². The molecule has 1 atom stereocenters. The maximum absolute atomic E-state index is 12.9. The van der Waals surface area contributed by atoms with Crippen LogP contribution < -0.4 is 5.73 Å². The van der Waals surface area contributed by atoms with Crippen molar-refractivity contribution in [1.29, 1.82) is 0 Å². The Bertz CT molecular complexity index is 1090. The minimum Gasteiger partial charge on any atom is -0.611 e. The van der Waals surface area contributed by atoms with Crippen LogP contribution in [0.4, 0.5) is 5.69 Å². The summed E-state index contributed by atoms with van der Waals surface area (Å²) in [7, 11) is 0. The number of nitrogens with two attached hydrogens (primary N) is 1. The van der Waals surface area contributed by atoms with Crippen LogP contribution in [0.3, 0.4) is 0 Å². The number of fused-ring (bicyclic) bond motifs is 1. The summed E-state index contributed by atoms with van der Waals surface area (Å²) in [5, 5.41) is 5.04. The number of hydrogen-bond acceptors (Lipinski definition) is 8. The van der Waals surface area contributed by atoms with Crippen LogP contribution in [0, 0.1) is 0 Å². The second-order valence-electron chi connectivity index (χ2n) is 6.40.